The van der Waals surface area contributed by atoms with Gasteiger partial charge in [0.2, 0.25) is 0 Å². The maximum atomic E-state index is 13.8. The van der Waals surface area contributed by atoms with E-state index in [4.69, 9.17) is 4.74 Å². The lowest BCUT2D eigenvalue weighted by molar-refractivity contribution is -0.142. The number of halogens is 1. The fourth-order valence-corrected chi connectivity index (χ4v) is 4.44. The van der Waals surface area contributed by atoms with Crippen molar-refractivity contribution in [1.29, 1.82) is 0 Å². The summed E-state index contributed by atoms with van der Waals surface area (Å²) in [5.41, 5.74) is 0. The van der Waals surface area contributed by atoms with Crippen LogP contribution >= 0.6 is 11.3 Å². The molecule has 5 nitrogen and oxygen atoms in total. The Morgan fingerprint density at radius 1 is 1.16 bits per heavy atom. The number of thiophene rings is 1. The Balaban J connectivity index is 1.42. The molecule has 0 N–H and O–H groups in total. The maximum absolute atomic E-state index is 13.8. The van der Waals surface area contributed by atoms with Crippen molar-refractivity contribution in [2.45, 2.75) is 18.9 Å². The molecule has 0 bridgehead atoms. The van der Waals surface area contributed by atoms with Crippen molar-refractivity contribution < 1.29 is 18.7 Å². The summed E-state index contributed by atoms with van der Waals surface area (Å²) in [5, 5.41) is 0.489. The van der Waals surface area contributed by atoms with Crippen LogP contribution in [0.3, 0.4) is 0 Å². The zero-order chi connectivity index (χ0) is 17.4. The number of carbonyl (C=O) groups is 2. The number of nitrogens with zero attached hydrogens (tertiary/aromatic N) is 2. The smallest absolute Gasteiger partial charge is 0.264 e. The van der Waals surface area contributed by atoms with Gasteiger partial charge >= 0.3 is 0 Å². The van der Waals surface area contributed by atoms with Crippen LogP contribution in [0.4, 0.5) is 4.39 Å². The van der Waals surface area contributed by atoms with Crippen molar-refractivity contribution in [3.63, 3.8) is 0 Å². The number of carbonyl (C=O) groups excluding carboxylic acids is 2. The predicted molar refractivity (Wildman–Crippen MR) is 93.2 cm³/mol. The number of benzene rings is 1. The highest BCUT2D eigenvalue weighted by atomic mass is 32.1. The standard InChI is InChI=1S/C18H19FN2O3S/c19-13-3-1-5-15-12(13)11-16(25-15)18(23)21-8-6-20(7-9-21)17(22)14-4-2-10-24-14/h1,3,5,11,14H,2,4,6-10H2. The Morgan fingerprint density at radius 3 is 2.60 bits per heavy atom. The van der Waals surface area contributed by atoms with Gasteiger partial charge in [-0.05, 0) is 31.0 Å². The monoisotopic (exact) mass is 362 g/mol. The van der Waals surface area contributed by atoms with E-state index in [0.29, 0.717) is 43.0 Å². The van der Waals surface area contributed by atoms with Gasteiger partial charge in [0.05, 0.1) is 4.88 Å². The quantitative estimate of drug-likeness (QED) is 0.825. The molecule has 25 heavy (non-hydrogen) atoms. The maximum Gasteiger partial charge on any atom is 0.264 e. The molecule has 0 spiro atoms. The van der Waals surface area contributed by atoms with E-state index in [1.54, 1.807) is 21.9 Å². The Morgan fingerprint density at radius 2 is 1.92 bits per heavy atom. The average molecular weight is 362 g/mol. The first kappa shape index (κ1) is 16.5. The summed E-state index contributed by atoms with van der Waals surface area (Å²) in [7, 11) is 0. The Hall–Kier alpha value is -1.99. The van der Waals surface area contributed by atoms with Gasteiger partial charge in [0.15, 0.2) is 0 Å². The third-order valence-electron chi connectivity index (χ3n) is 4.80. The van der Waals surface area contributed by atoms with E-state index in [-0.39, 0.29) is 23.7 Å². The van der Waals surface area contributed by atoms with E-state index in [1.807, 2.05) is 6.07 Å². The molecule has 1 atom stereocenters. The predicted octanol–water partition coefficient (Wildman–Crippen LogP) is 2.50. The molecule has 2 aliphatic rings. The van der Waals surface area contributed by atoms with Gasteiger partial charge in [-0.3, -0.25) is 9.59 Å². The van der Waals surface area contributed by atoms with Crippen LogP contribution in [0.5, 0.6) is 0 Å². The summed E-state index contributed by atoms with van der Waals surface area (Å²) in [5.74, 6) is -0.363. The molecule has 0 saturated carbocycles. The molecule has 2 aliphatic heterocycles. The number of amides is 2. The number of ether oxygens (including phenoxy) is 1. The molecule has 0 radical (unpaired) electrons. The molecule has 132 valence electrons. The van der Waals surface area contributed by atoms with Crippen LogP contribution in [0.1, 0.15) is 22.5 Å². The molecule has 7 heteroatoms. The van der Waals surface area contributed by atoms with Crippen LogP contribution in [0.15, 0.2) is 24.3 Å². The van der Waals surface area contributed by atoms with Crippen LogP contribution in [-0.4, -0.2) is 60.5 Å². The van der Waals surface area contributed by atoms with E-state index in [2.05, 4.69) is 0 Å². The SMILES string of the molecule is O=C(c1cc2c(F)cccc2s1)N1CCN(C(=O)C2CCCO2)CC1. The van der Waals surface area contributed by atoms with Crippen molar-refractivity contribution in [1.82, 2.24) is 9.80 Å². The van der Waals surface area contributed by atoms with Crippen molar-refractivity contribution >= 4 is 33.2 Å². The summed E-state index contributed by atoms with van der Waals surface area (Å²) < 4.78 is 20.0. The largest absolute Gasteiger partial charge is 0.368 e. The number of hydrogen-bond acceptors (Lipinski definition) is 4. The molecule has 2 fully saturated rings. The zero-order valence-corrected chi connectivity index (χ0v) is 14.6. The van der Waals surface area contributed by atoms with E-state index < -0.39 is 0 Å². The zero-order valence-electron chi connectivity index (χ0n) is 13.7. The van der Waals surface area contributed by atoms with Gasteiger partial charge in [-0.2, -0.15) is 0 Å². The minimum atomic E-state index is -0.312. The summed E-state index contributed by atoms with van der Waals surface area (Å²) in [6.07, 6.45) is 1.40. The van der Waals surface area contributed by atoms with E-state index in [9.17, 15) is 14.0 Å². The number of piperazine rings is 1. The second kappa shape index (κ2) is 6.72. The van der Waals surface area contributed by atoms with Crippen LogP contribution in [0.25, 0.3) is 10.1 Å². The molecule has 4 rings (SSSR count). The molecule has 1 unspecified atom stereocenters. The number of hydrogen-bond donors (Lipinski definition) is 0. The Kier molecular flexibility index (Phi) is 4.43. The summed E-state index contributed by atoms with van der Waals surface area (Å²) >= 11 is 1.31. The Labute approximate surface area is 149 Å². The molecule has 2 amide bonds. The molecule has 3 heterocycles. The van der Waals surface area contributed by atoms with Crippen LogP contribution in [0.2, 0.25) is 0 Å². The number of rotatable bonds is 2. The number of fused-ring (bicyclic) bond motifs is 1. The lowest BCUT2D eigenvalue weighted by Crippen LogP contribution is -2.52. The van der Waals surface area contributed by atoms with Gasteiger partial charge in [0.1, 0.15) is 11.9 Å². The summed E-state index contributed by atoms with van der Waals surface area (Å²) in [6, 6.07) is 6.50. The van der Waals surface area contributed by atoms with Crippen LogP contribution in [-0.2, 0) is 9.53 Å². The fourth-order valence-electron chi connectivity index (χ4n) is 3.39. The fraction of sp³-hybridized carbons (Fsp3) is 0.444. The van der Waals surface area contributed by atoms with Crippen LogP contribution < -0.4 is 0 Å². The summed E-state index contributed by atoms with van der Waals surface area (Å²) in [6.45, 7) is 2.67. The van der Waals surface area contributed by atoms with Crippen LogP contribution in [0, 0.1) is 5.82 Å². The molecule has 0 aliphatic carbocycles. The summed E-state index contributed by atoms with van der Waals surface area (Å²) in [4.78, 5) is 29.1. The van der Waals surface area contributed by atoms with E-state index >= 15 is 0 Å². The highest BCUT2D eigenvalue weighted by Crippen LogP contribution is 2.28. The third kappa shape index (κ3) is 3.14. The van der Waals surface area contributed by atoms with Gasteiger partial charge in [0.25, 0.3) is 11.8 Å². The molecular weight excluding hydrogens is 343 g/mol. The van der Waals surface area contributed by atoms with Gasteiger partial charge < -0.3 is 14.5 Å². The van der Waals surface area contributed by atoms with Crippen molar-refractivity contribution in [3.05, 3.63) is 35.0 Å². The highest BCUT2D eigenvalue weighted by Gasteiger charge is 2.31. The average Bonchev–Trinajstić information content (AvgIpc) is 3.31. The van der Waals surface area contributed by atoms with Crippen molar-refractivity contribution in [2.24, 2.45) is 0 Å². The van der Waals surface area contributed by atoms with Gasteiger partial charge in [-0.1, -0.05) is 6.07 Å². The highest BCUT2D eigenvalue weighted by molar-refractivity contribution is 7.20. The molecule has 2 aromatic rings. The molecular formula is C18H19FN2O3S. The first-order valence-electron chi connectivity index (χ1n) is 8.51. The minimum absolute atomic E-state index is 0.0357. The lowest BCUT2D eigenvalue weighted by Gasteiger charge is -2.35. The molecule has 2 saturated heterocycles. The lowest BCUT2D eigenvalue weighted by atomic mass is 10.2. The second-order valence-corrected chi connectivity index (χ2v) is 7.47. The molecule has 1 aromatic heterocycles. The topological polar surface area (TPSA) is 49.9 Å². The van der Waals surface area contributed by atoms with E-state index in [0.717, 1.165) is 17.5 Å². The Bertz CT molecular complexity index is 808. The van der Waals surface area contributed by atoms with E-state index in [1.165, 1.54) is 17.4 Å². The third-order valence-corrected chi connectivity index (χ3v) is 5.89. The molecule has 1 aromatic carbocycles. The van der Waals surface area contributed by atoms with Gasteiger partial charge in [-0.25, -0.2) is 4.39 Å². The van der Waals surface area contributed by atoms with Crippen molar-refractivity contribution in [2.75, 3.05) is 32.8 Å². The van der Waals surface area contributed by atoms with Gasteiger partial charge in [0, 0.05) is 42.9 Å². The first-order valence-corrected chi connectivity index (χ1v) is 9.33. The normalized spacial score (nSPS) is 21.1. The van der Waals surface area contributed by atoms with Gasteiger partial charge in [-0.15, -0.1) is 11.3 Å². The van der Waals surface area contributed by atoms with Crippen molar-refractivity contribution in [3.8, 4) is 0 Å². The first-order chi connectivity index (χ1) is 12.1. The minimum Gasteiger partial charge on any atom is -0.368 e. The second-order valence-electron chi connectivity index (χ2n) is 6.38.